The molecule has 0 amide bonds. The molecule has 38 heavy (non-hydrogen) atoms. The van der Waals surface area contributed by atoms with Gasteiger partial charge in [0.1, 0.15) is 0 Å². The highest BCUT2D eigenvalue weighted by Gasteiger charge is 2.39. The van der Waals surface area contributed by atoms with Gasteiger partial charge in [-0.2, -0.15) is 0 Å². The normalized spacial score (nSPS) is 13.1. The van der Waals surface area contributed by atoms with Gasteiger partial charge in [0.2, 0.25) is 0 Å². The Morgan fingerprint density at radius 1 is 0.579 bits per heavy atom. The van der Waals surface area contributed by atoms with Crippen molar-refractivity contribution in [3.05, 3.63) is 0 Å². The first kappa shape index (κ1) is 37.8. The van der Waals surface area contributed by atoms with Gasteiger partial charge in [0.25, 0.3) is 0 Å². The smallest absolute Gasteiger partial charge is 0.466 e. The number of esters is 1. The van der Waals surface area contributed by atoms with Crippen molar-refractivity contribution in [1.82, 2.24) is 0 Å². The van der Waals surface area contributed by atoms with E-state index in [2.05, 4.69) is 26.6 Å². The molecule has 5 nitrogen and oxygen atoms in total. The predicted octanol–water partition coefficient (Wildman–Crippen LogP) is 9.94. The molecule has 1 unspecified atom stereocenters. The second-order valence-corrected chi connectivity index (χ2v) is 20.1. The predicted molar refractivity (Wildman–Crippen MR) is 168 cm³/mol. The zero-order valence-corrected chi connectivity index (χ0v) is 28.7. The monoisotopic (exact) mass is 574 g/mol. The van der Waals surface area contributed by atoms with Gasteiger partial charge in [-0.3, -0.25) is 4.79 Å². The maximum Gasteiger partial charge on any atom is 0.500 e. The molecule has 0 radical (unpaired) electrons. The Bertz CT molecular complexity index is 522. The van der Waals surface area contributed by atoms with E-state index in [1.807, 2.05) is 20.8 Å². The molecule has 7 heteroatoms. The molecule has 0 aromatic carbocycles. The molecule has 0 aliphatic rings. The summed E-state index contributed by atoms with van der Waals surface area (Å²) < 4.78 is 23.6. The maximum atomic E-state index is 12.8. The molecular weight excluding hydrogens is 509 g/mol. The molecule has 0 heterocycles. The van der Waals surface area contributed by atoms with Gasteiger partial charge in [0.05, 0.1) is 20.2 Å². The van der Waals surface area contributed by atoms with Crippen LogP contribution in [-0.4, -0.2) is 49.3 Å². The number of ether oxygens (including phenoxy) is 1. The molecule has 0 aromatic heterocycles. The molecule has 1 atom stereocenters. The summed E-state index contributed by atoms with van der Waals surface area (Å²) in [6.07, 6.45) is 21.0. The van der Waals surface area contributed by atoms with Crippen LogP contribution in [0.3, 0.4) is 0 Å². The van der Waals surface area contributed by atoms with E-state index in [4.69, 9.17) is 18.0 Å². The van der Waals surface area contributed by atoms with E-state index in [9.17, 15) is 4.79 Å². The van der Waals surface area contributed by atoms with Crippen LogP contribution < -0.4 is 0 Å². The van der Waals surface area contributed by atoms with E-state index in [-0.39, 0.29) is 11.5 Å². The number of carbonyl (C=O) groups excluding carboxylic acids is 1. The highest BCUT2D eigenvalue weighted by Crippen LogP contribution is 2.30. The Morgan fingerprint density at radius 2 is 1.00 bits per heavy atom. The molecule has 0 aliphatic heterocycles. The fourth-order valence-corrected chi connectivity index (χ4v) is 9.71. The van der Waals surface area contributed by atoms with Crippen molar-refractivity contribution in [1.29, 1.82) is 0 Å². The quantitative estimate of drug-likeness (QED) is 0.0528. The van der Waals surface area contributed by atoms with Crippen molar-refractivity contribution in [2.24, 2.45) is 0 Å². The van der Waals surface area contributed by atoms with Gasteiger partial charge >= 0.3 is 14.8 Å². The molecular formula is C31H66O5Si2. The molecule has 0 aromatic rings. The zero-order chi connectivity index (χ0) is 28.5. The summed E-state index contributed by atoms with van der Waals surface area (Å²) in [6, 6.07) is 0.929. The Labute approximate surface area is 239 Å². The average molecular weight is 575 g/mol. The van der Waals surface area contributed by atoms with Crippen molar-refractivity contribution >= 4 is 22.8 Å². The molecule has 0 spiro atoms. The summed E-state index contributed by atoms with van der Waals surface area (Å²) in [5, 5.41) is 0. The van der Waals surface area contributed by atoms with Crippen molar-refractivity contribution < 1.29 is 22.8 Å². The molecule has 0 N–H and O–H groups in total. The largest absolute Gasteiger partial charge is 0.500 e. The molecule has 228 valence electrons. The lowest BCUT2D eigenvalue weighted by molar-refractivity contribution is -0.144. The van der Waals surface area contributed by atoms with Crippen LogP contribution in [0, 0.1) is 0 Å². The van der Waals surface area contributed by atoms with E-state index in [0.29, 0.717) is 26.4 Å². The Balaban J connectivity index is 3.90. The van der Waals surface area contributed by atoms with E-state index in [1.165, 1.54) is 83.5 Å². The van der Waals surface area contributed by atoms with Gasteiger partial charge in [-0.1, -0.05) is 116 Å². The summed E-state index contributed by atoms with van der Waals surface area (Å²) in [7, 11) is -4.01. The molecule has 0 saturated carbocycles. The third kappa shape index (κ3) is 19.8. The van der Waals surface area contributed by atoms with Crippen molar-refractivity contribution in [3.8, 4) is 0 Å². The van der Waals surface area contributed by atoms with E-state index in [1.54, 1.807) is 0 Å². The minimum absolute atomic E-state index is 0.0836. The van der Waals surface area contributed by atoms with Crippen LogP contribution in [0.5, 0.6) is 0 Å². The molecule has 0 bridgehead atoms. The lowest BCUT2D eigenvalue weighted by Crippen LogP contribution is -2.45. The third-order valence-corrected chi connectivity index (χ3v) is 13.2. The summed E-state index contributed by atoms with van der Waals surface area (Å²) in [5.74, 6) is 0.0836. The Morgan fingerprint density at radius 3 is 1.45 bits per heavy atom. The van der Waals surface area contributed by atoms with Crippen LogP contribution >= 0.6 is 0 Å². The third-order valence-electron chi connectivity index (χ3n) is 7.39. The minimum Gasteiger partial charge on any atom is -0.466 e. The lowest BCUT2D eigenvalue weighted by atomic mass is 10.1. The summed E-state index contributed by atoms with van der Waals surface area (Å²) in [5.41, 5.74) is 0.154. The number of hydrogen-bond acceptors (Lipinski definition) is 5. The number of hydrogen-bond donors (Lipinski definition) is 0. The van der Waals surface area contributed by atoms with Crippen LogP contribution in [0.4, 0.5) is 0 Å². The fourth-order valence-electron chi connectivity index (χ4n) is 5.17. The molecule has 0 fully saturated rings. The van der Waals surface area contributed by atoms with Crippen molar-refractivity contribution in [2.45, 2.75) is 168 Å². The summed E-state index contributed by atoms with van der Waals surface area (Å²) in [6.45, 7) is 17.8. The van der Waals surface area contributed by atoms with Gasteiger partial charge < -0.3 is 18.0 Å². The van der Waals surface area contributed by atoms with Crippen LogP contribution in [0.1, 0.15) is 137 Å². The standard InChI is InChI=1S/C31H66O5Si2/c1-8-12-13-14-18-21-24-27-30(37(5,6)7)31(32)33-28-25-22-19-16-15-17-20-23-26-29-38(34-9-2,35-10-3)36-11-4/h30H,8-29H2,1-7H3. The topological polar surface area (TPSA) is 54.0 Å². The second-order valence-electron chi connectivity index (χ2n) is 11.9. The Kier molecular flexibility index (Phi) is 24.4. The molecule has 0 aliphatic carbocycles. The SMILES string of the molecule is CCCCCCCCCC(C(=O)OCCCCCCCCCCC[Si](OCC)(OCC)OCC)[Si](C)(C)C. The molecule has 0 rings (SSSR count). The average Bonchev–Trinajstić information content (AvgIpc) is 2.86. The van der Waals surface area contributed by atoms with Crippen molar-refractivity contribution in [3.63, 3.8) is 0 Å². The first-order chi connectivity index (χ1) is 18.3. The van der Waals surface area contributed by atoms with Crippen LogP contribution in [0.25, 0.3) is 0 Å². The van der Waals surface area contributed by atoms with E-state index < -0.39 is 16.9 Å². The van der Waals surface area contributed by atoms with Crippen LogP contribution in [0.15, 0.2) is 0 Å². The van der Waals surface area contributed by atoms with E-state index >= 15 is 0 Å². The minimum atomic E-state index is -2.46. The highest BCUT2D eigenvalue weighted by molar-refractivity contribution is 6.80. The van der Waals surface area contributed by atoms with Gasteiger partial charge in [-0.25, -0.2) is 0 Å². The summed E-state index contributed by atoms with van der Waals surface area (Å²) >= 11 is 0. The first-order valence-corrected chi connectivity index (χ1v) is 21.9. The second kappa shape index (κ2) is 24.6. The Hall–Kier alpha value is -0.216. The lowest BCUT2D eigenvalue weighted by Gasteiger charge is -2.28. The maximum absolute atomic E-state index is 12.8. The van der Waals surface area contributed by atoms with Crippen LogP contribution in [0.2, 0.25) is 31.2 Å². The fraction of sp³-hybridized carbons (Fsp3) is 0.968. The molecule has 0 saturated heterocycles. The zero-order valence-electron chi connectivity index (χ0n) is 26.7. The van der Waals surface area contributed by atoms with Crippen LogP contribution in [-0.2, 0) is 22.8 Å². The summed E-state index contributed by atoms with van der Waals surface area (Å²) in [4.78, 5) is 12.8. The number of unbranched alkanes of at least 4 members (excludes halogenated alkanes) is 14. The van der Waals surface area contributed by atoms with Gasteiger partial charge in [0, 0.05) is 25.9 Å². The first-order valence-electron chi connectivity index (χ1n) is 16.3. The van der Waals surface area contributed by atoms with E-state index in [0.717, 1.165) is 31.7 Å². The number of carbonyl (C=O) groups is 1. The number of rotatable bonds is 28. The van der Waals surface area contributed by atoms with Gasteiger partial charge in [-0.05, 0) is 40.0 Å². The highest BCUT2D eigenvalue weighted by atomic mass is 28.4. The van der Waals surface area contributed by atoms with Gasteiger partial charge in [-0.15, -0.1) is 0 Å². The van der Waals surface area contributed by atoms with Gasteiger partial charge in [0.15, 0.2) is 0 Å². The van der Waals surface area contributed by atoms with Crippen molar-refractivity contribution in [2.75, 3.05) is 26.4 Å².